The zero-order valence-corrected chi connectivity index (χ0v) is 13.7. The van der Waals surface area contributed by atoms with Gasteiger partial charge in [0.2, 0.25) is 0 Å². The number of aromatic nitrogens is 1. The Kier molecular flexibility index (Phi) is 3.45. The fraction of sp³-hybridized carbons (Fsp3) is 0.526. The van der Waals surface area contributed by atoms with Crippen molar-refractivity contribution in [2.45, 2.75) is 32.7 Å². The highest BCUT2D eigenvalue weighted by Crippen LogP contribution is 2.48. The lowest BCUT2D eigenvalue weighted by molar-refractivity contribution is -0.144. The molecule has 0 amide bonds. The lowest BCUT2D eigenvalue weighted by atomic mass is 9.88. The van der Waals surface area contributed by atoms with Crippen molar-refractivity contribution in [3.8, 4) is 0 Å². The molecule has 1 aromatic heterocycles. The minimum atomic E-state index is -0.0490. The fourth-order valence-electron chi connectivity index (χ4n) is 3.60. The summed E-state index contributed by atoms with van der Waals surface area (Å²) in [7, 11) is 0. The molecule has 2 aromatic rings. The molecule has 2 fully saturated rings. The molecule has 122 valence electrons. The Balaban J connectivity index is 1.57. The van der Waals surface area contributed by atoms with Crippen molar-refractivity contribution < 1.29 is 14.3 Å². The summed E-state index contributed by atoms with van der Waals surface area (Å²) in [6.07, 6.45) is 3.07. The highest BCUT2D eigenvalue weighted by molar-refractivity contribution is 5.82. The zero-order chi connectivity index (χ0) is 16.0. The Morgan fingerprint density at radius 2 is 2.22 bits per heavy atom. The van der Waals surface area contributed by atoms with Gasteiger partial charge in [0.25, 0.3) is 0 Å². The molecule has 2 aliphatic rings. The minimum Gasteiger partial charge on any atom is -0.466 e. The van der Waals surface area contributed by atoms with Crippen molar-refractivity contribution in [1.82, 2.24) is 4.57 Å². The zero-order valence-electron chi connectivity index (χ0n) is 13.7. The summed E-state index contributed by atoms with van der Waals surface area (Å²) in [6, 6.07) is 8.74. The second kappa shape index (κ2) is 5.38. The van der Waals surface area contributed by atoms with Gasteiger partial charge in [-0.25, -0.2) is 0 Å². The number of hydrogen-bond acceptors (Lipinski definition) is 3. The number of carbonyl (C=O) groups excluding carboxylic acids is 1. The monoisotopic (exact) mass is 313 g/mol. The van der Waals surface area contributed by atoms with E-state index < -0.39 is 0 Å². The third-order valence-electron chi connectivity index (χ3n) is 5.06. The number of ether oxygens (including phenoxy) is 2. The summed E-state index contributed by atoms with van der Waals surface area (Å²) in [4.78, 5) is 11.9. The second-order valence-electron chi connectivity index (χ2n) is 7.27. The van der Waals surface area contributed by atoms with Crippen LogP contribution < -0.4 is 0 Å². The Morgan fingerprint density at radius 1 is 1.39 bits per heavy atom. The number of carbonyl (C=O) groups is 1. The standard InChI is InChI=1S/C19H23NO3/c1-3-23-18(21)16-9-15(16)14-5-4-13-6-7-20(17(13)8-14)10-19(2)11-22-12-19/h4-8,15-16H,3,9-12H2,1-2H3/t15-,16+/m0/s1. The maximum absolute atomic E-state index is 11.9. The lowest BCUT2D eigenvalue weighted by Gasteiger charge is -2.38. The van der Waals surface area contributed by atoms with Crippen LogP contribution in [0.5, 0.6) is 0 Å². The van der Waals surface area contributed by atoms with E-state index in [4.69, 9.17) is 9.47 Å². The summed E-state index contributed by atoms with van der Waals surface area (Å²) in [5.74, 6) is 0.324. The summed E-state index contributed by atoms with van der Waals surface area (Å²) in [6.45, 7) is 7.24. The Morgan fingerprint density at radius 3 is 2.91 bits per heavy atom. The number of fused-ring (bicyclic) bond motifs is 1. The van der Waals surface area contributed by atoms with E-state index >= 15 is 0 Å². The number of nitrogens with zero attached hydrogens (tertiary/aromatic N) is 1. The normalized spacial score (nSPS) is 25.1. The maximum Gasteiger partial charge on any atom is 0.309 e. The van der Waals surface area contributed by atoms with Crippen LogP contribution in [0.3, 0.4) is 0 Å². The first kappa shape index (κ1) is 14.8. The molecule has 4 rings (SSSR count). The van der Waals surface area contributed by atoms with Crippen LogP contribution in [-0.4, -0.2) is 30.4 Å². The Labute approximate surface area is 136 Å². The number of hydrogen-bond donors (Lipinski definition) is 0. The number of rotatable bonds is 5. The molecule has 4 heteroatoms. The molecule has 1 saturated carbocycles. The quantitative estimate of drug-likeness (QED) is 0.795. The van der Waals surface area contributed by atoms with Crippen molar-refractivity contribution in [2.75, 3.05) is 19.8 Å². The Hall–Kier alpha value is -1.81. The summed E-state index contributed by atoms with van der Waals surface area (Å²) in [5.41, 5.74) is 2.75. The first-order chi connectivity index (χ1) is 11.1. The van der Waals surface area contributed by atoms with Crippen molar-refractivity contribution in [1.29, 1.82) is 0 Å². The van der Waals surface area contributed by atoms with Crippen LogP contribution in [0.15, 0.2) is 30.5 Å². The minimum absolute atomic E-state index is 0.0490. The van der Waals surface area contributed by atoms with E-state index in [0.717, 1.165) is 26.2 Å². The third-order valence-corrected chi connectivity index (χ3v) is 5.06. The summed E-state index contributed by atoms with van der Waals surface area (Å²) >= 11 is 0. The van der Waals surface area contributed by atoms with Gasteiger partial charge in [0.15, 0.2) is 0 Å². The molecule has 1 aromatic carbocycles. The van der Waals surface area contributed by atoms with Gasteiger partial charge >= 0.3 is 5.97 Å². The molecule has 23 heavy (non-hydrogen) atoms. The van der Waals surface area contributed by atoms with Crippen molar-refractivity contribution >= 4 is 16.9 Å². The van der Waals surface area contributed by atoms with Gasteiger partial charge in [-0.1, -0.05) is 19.1 Å². The summed E-state index contributed by atoms with van der Waals surface area (Å²) < 4.78 is 12.8. The molecule has 2 atom stereocenters. The molecule has 1 aliphatic heterocycles. The molecule has 0 unspecified atom stereocenters. The van der Waals surface area contributed by atoms with E-state index in [0.29, 0.717) is 12.5 Å². The van der Waals surface area contributed by atoms with Crippen molar-refractivity contribution in [3.05, 3.63) is 36.0 Å². The van der Waals surface area contributed by atoms with Gasteiger partial charge in [0.05, 0.1) is 25.7 Å². The second-order valence-corrected chi connectivity index (χ2v) is 7.27. The average molecular weight is 313 g/mol. The highest BCUT2D eigenvalue weighted by atomic mass is 16.5. The van der Waals surface area contributed by atoms with Crippen LogP contribution >= 0.6 is 0 Å². The van der Waals surface area contributed by atoms with Crippen LogP contribution in [0.1, 0.15) is 31.7 Å². The average Bonchev–Trinajstić information content (AvgIpc) is 3.22. The number of benzene rings is 1. The molecule has 0 bridgehead atoms. The van der Waals surface area contributed by atoms with Gasteiger partial charge in [-0.2, -0.15) is 0 Å². The topological polar surface area (TPSA) is 40.5 Å². The van der Waals surface area contributed by atoms with E-state index in [-0.39, 0.29) is 17.3 Å². The predicted octanol–water partition coefficient (Wildman–Crippen LogP) is 3.34. The van der Waals surface area contributed by atoms with Crippen LogP contribution in [0.2, 0.25) is 0 Å². The SMILES string of the molecule is CCOC(=O)[C@@H]1C[C@H]1c1ccc2ccn(CC3(C)COC3)c2c1. The molecule has 0 radical (unpaired) electrons. The molecule has 4 nitrogen and oxygen atoms in total. The molecule has 0 N–H and O–H groups in total. The predicted molar refractivity (Wildman–Crippen MR) is 88.3 cm³/mol. The van der Waals surface area contributed by atoms with E-state index in [2.05, 4.69) is 42.0 Å². The molecule has 1 saturated heterocycles. The van der Waals surface area contributed by atoms with Gasteiger partial charge in [-0.3, -0.25) is 4.79 Å². The van der Waals surface area contributed by atoms with Crippen molar-refractivity contribution in [3.63, 3.8) is 0 Å². The third kappa shape index (κ3) is 2.65. The molecule has 2 heterocycles. The first-order valence-corrected chi connectivity index (χ1v) is 8.43. The van der Waals surface area contributed by atoms with Gasteiger partial charge in [-0.15, -0.1) is 0 Å². The largest absolute Gasteiger partial charge is 0.466 e. The van der Waals surface area contributed by atoms with Gasteiger partial charge in [0.1, 0.15) is 0 Å². The fourth-order valence-corrected chi connectivity index (χ4v) is 3.60. The van der Waals surface area contributed by atoms with Crippen LogP contribution in [-0.2, 0) is 20.8 Å². The van der Waals surface area contributed by atoms with E-state index in [1.54, 1.807) is 0 Å². The molecule has 1 aliphatic carbocycles. The van der Waals surface area contributed by atoms with Gasteiger partial charge < -0.3 is 14.0 Å². The maximum atomic E-state index is 11.9. The lowest BCUT2D eigenvalue weighted by Crippen LogP contribution is -2.42. The Bertz CT molecular complexity index is 744. The van der Waals surface area contributed by atoms with Crippen molar-refractivity contribution in [2.24, 2.45) is 11.3 Å². The number of esters is 1. The van der Waals surface area contributed by atoms with E-state index in [9.17, 15) is 4.79 Å². The van der Waals surface area contributed by atoms with E-state index in [1.807, 2.05) is 6.92 Å². The highest BCUT2D eigenvalue weighted by Gasteiger charge is 2.45. The first-order valence-electron chi connectivity index (χ1n) is 8.43. The summed E-state index contributed by atoms with van der Waals surface area (Å²) in [5, 5.41) is 1.26. The van der Waals surface area contributed by atoms with Gasteiger partial charge in [0, 0.05) is 23.7 Å². The molecular formula is C19H23NO3. The molecular weight excluding hydrogens is 290 g/mol. The van der Waals surface area contributed by atoms with Crippen LogP contribution in [0, 0.1) is 11.3 Å². The van der Waals surface area contributed by atoms with Crippen LogP contribution in [0.4, 0.5) is 0 Å². The van der Waals surface area contributed by atoms with E-state index in [1.165, 1.54) is 16.5 Å². The van der Waals surface area contributed by atoms with Gasteiger partial charge in [-0.05, 0) is 42.3 Å². The van der Waals surface area contributed by atoms with Crippen LogP contribution in [0.25, 0.3) is 10.9 Å². The smallest absolute Gasteiger partial charge is 0.309 e. The molecule has 0 spiro atoms.